The first kappa shape index (κ1) is 26.3. The minimum Gasteiger partial charge on any atom is -0.497 e. The van der Waals surface area contributed by atoms with Gasteiger partial charge in [-0.1, -0.05) is 48.5 Å². The van der Waals surface area contributed by atoms with Crippen molar-refractivity contribution < 1.29 is 18.7 Å². The molecule has 1 fully saturated rings. The van der Waals surface area contributed by atoms with Gasteiger partial charge in [0.05, 0.1) is 18.7 Å². The summed E-state index contributed by atoms with van der Waals surface area (Å²) in [4.78, 5) is 23.8. The van der Waals surface area contributed by atoms with E-state index >= 15 is 0 Å². The number of rotatable bonds is 9. The number of hydrogen-bond donors (Lipinski definition) is 1. The number of ether oxygens (including phenoxy) is 2. The van der Waals surface area contributed by atoms with E-state index in [9.17, 15) is 9.18 Å². The molecule has 4 aromatic rings. The van der Waals surface area contributed by atoms with Gasteiger partial charge in [-0.05, 0) is 42.7 Å². The Hall–Kier alpha value is -4.30. The molecule has 1 aliphatic rings. The van der Waals surface area contributed by atoms with Crippen molar-refractivity contribution in [2.75, 3.05) is 26.8 Å². The molecule has 1 unspecified atom stereocenters. The molecule has 8 heteroatoms. The zero-order chi connectivity index (χ0) is 27.0. The molecule has 0 radical (unpaired) electrons. The van der Waals surface area contributed by atoms with Gasteiger partial charge in [0, 0.05) is 43.2 Å². The summed E-state index contributed by atoms with van der Waals surface area (Å²) in [5, 5.41) is 3.12. The van der Waals surface area contributed by atoms with Gasteiger partial charge in [-0.3, -0.25) is 9.69 Å². The maximum atomic E-state index is 13.5. The number of carbonyl (C=O) groups is 1. The molecular weight excluding hydrogens is 495 g/mol. The number of amides is 1. The van der Waals surface area contributed by atoms with E-state index in [-0.39, 0.29) is 23.8 Å². The maximum absolute atomic E-state index is 13.5. The Morgan fingerprint density at radius 1 is 0.974 bits per heavy atom. The molecule has 5 rings (SSSR count). The highest BCUT2D eigenvalue weighted by Crippen LogP contribution is 2.27. The maximum Gasteiger partial charge on any atom is 0.254 e. The third kappa shape index (κ3) is 6.78. The average Bonchev–Trinajstić information content (AvgIpc) is 2.99. The zero-order valence-corrected chi connectivity index (χ0v) is 21.8. The molecule has 39 heavy (non-hydrogen) atoms. The lowest BCUT2D eigenvalue weighted by Crippen LogP contribution is -2.46. The van der Waals surface area contributed by atoms with Gasteiger partial charge in [-0.25, -0.2) is 14.4 Å². The number of nitrogens with zero attached hydrogens (tertiary/aromatic N) is 3. The lowest BCUT2D eigenvalue weighted by atomic mass is 9.99. The molecule has 7 nitrogen and oxygen atoms in total. The second kappa shape index (κ2) is 12.5. The first-order valence-corrected chi connectivity index (χ1v) is 13.0. The summed E-state index contributed by atoms with van der Waals surface area (Å²) >= 11 is 0. The number of halogens is 1. The fourth-order valence-electron chi connectivity index (χ4n) is 4.80. The predicted octanol–water partition coefficient (Wildman–Crippen LogP) is 5.31. The van der Waals surface area contributed by atoms with Crippen molar-refractivity contribution in [1.82, 2.24) is 20.2 Å². The van der Waals surface area contributed by atoms with Crippen LogP contribution in [0.25, 0.3) is 11.4 Å². The van der Waals surface area contributed by atoms with Gasteiger partial charge in [-0.15, -0.1) is 0 Å². The summed E-state index contributed by atoms with van der Waals surface area (Å²) in [6.45, 7) is 2.14. The van der Waals surface area contributed by atoms with Crippen molar-refractivity contribution in [2.24, 2.45) is 0 Å². The van der Waals surface area contributed by atoms with Gasteiger partial charge in [0.1, 0.15) is 23.9 Å². The van der Waals surface area contributed by atoms with E-state index in [4.69, 9.17) is 9.47 Å². The van der Waals surface area contributed by atoms with Crippen molar-refractivity contribution in [2.45, 2.75) is 24.9 Å². The lowest BCUT2D eigenvalue weighted by Gasteiger charge is -2.38. The summed E-state index contributed by atoms with van der Waals surface area (Å²) in [5.41, 5.74) is 2.14. The topological polar surface area (TPSA) is 76.6 Å². The number of benzene rings is 3. The van der Waals surface area contributed by atoms with E-state index in [0.717, 1.165) is 37.4 Å². The van der Waals surface area contributed by atoms with Crippen molar-refractivity contribution in [3.8, 4) is 22.9 Å². The van der Waals surface area contributed by atoms with E-state index in [1.165, 1.54) is 30.1 Å². The number of likely N-dealkylation sites (tertiary alicyclic amines) is 1. The highest BCUT2D eigenvalue weighted by molar-refractivity contribution is 5.93. The van der Waals surface area contributed by atoms with Gasteiger partial charge < -0.3 is 14.8 Å². The van der Waals surface area contributed by atoms with E-state index in [1.807, 2.05) is 42.5 Å². The molecule has 0 bridgehead atoms. The van der Waals surface area contributed by atoms with E-state index in [2.05, 4.69) is 32.3 Å². The average molecular weight is 527 g/mol. The van der Waals surface area contributed by atoms with Crippen molar-refractivity contribution in [1.29, 1.82) is 0 Å². The predicted molar refractivity (Wildman–Crippen MR) is 147 cm³/mol. The summed E-state index contributed by atoms with van der Waals surface area (Å²) < 4.78 is 25.0. The highest BCUT2D eigenvalue weighted by atomic mass is 19.1. The highest BCUT2D eigenvalue weighted by Gasteiger charge is 2.28. The van der Waals surface area contributed by atoms with E-state index in [1.54, 1.807) is 19.2 Å². The van der Waals surface area contributed by atoms with Crippen molar-refractivity contribution in [3.63, 3.8) is 0 Å². The van der Waals surface area contributed by atoms with Crippen LogP contribution >= 0.6 is 0 Å². The van der Waals surface area contributed by atoms with Gasteiger partial charge in [0.2, 0.25) is 0 Å². The Kier molecular flexibility index (Phi) is 8.43. The van der Waals surface area contributed by atoms with E-state index in [0.29, 0.717) is 23.6 Å². The Morgan fingerprint density at radius 3 is 2.41 bits per heavy atom. The smallest absolute Gasteiger partial charge is 0.254 e. The minimum atomic E-state index is -0.356. The van der Waals surface area contributed by atoms with Crippen LogP contribution in [0.2, 0.25) is 0 Å². The van der Waals surface area contributed by atoms with Gasteiger partial charge in [0.25, 0.3) is 5.91 Å². The number of carbonyl (C=O) groups excluding carboxylic acids is 1. The first-order chi connectivity index (χ1) is 19.1. The molecule has 1 aromatic heterocycles. The molecule has 1 N–H and O–H groups in total. The van der Waals surface area contributed by atoms with Crippen LogP contribution in [-0.2, 0) is 0 Å². The van der Waals surface area contributed by atoms with Crippen LogP contribution in [0.5, 0.6) is 11.5 Å². The summed E-state index contributed by atoms with van der Waals surface area (Å²) in [6, 6.07) is 24.2. The first-order valence-electron chi connectivity index (χ1n) is 13.0. The van der Waals surface area contributed by atoms with Crippen LogP contribution in [0.3, 0.4) is 0 Å². The van der Waals surface area contributed by atoms with Gasteiger partial charge in [-0.2, -0.15) is 0 Å². The normalized spacial score (nSPS) is 14.9. The molecule has 0 aliphatic carbocycles. The van der Waals surface area contributed by atoms with Crippen molar-refractivity contribution in [3.05, 3.63) is 108 Å². The van der Waals surface area contributed by atoms with E-state index < -0.39 is 0 Å². The van der Waals surface area contributed by atoms with Crippen LogP contribution in [-0.4, -0.2) is 53.6 Å². The Bertz CT molecular complexity index is 1380. The Labute approximate surface area is 227 Å². The molecule has 200 valence electrons. The second-order valence-corrected chi connectivity index (χ2v) is 9.51. The number of methoxy groups -OCH3 is 1. The molecule has 0 spiro atoms. The second-order valence-electron chi connectivity index (χ2n) is 9.51. The number of nitrogens with one attached hydrogen (secondary N) is 1. The van der Waals surface area contributed by atoms with Crippen LogP contribution in [0.1, 0.15) is 34.8 Å². The molecular formula is C31H31FN4O3. The quantitative estimate of drug-likeness (QED) is 0.319. The summed E-state index contributed by atoms with van der Waals surface area (Å²) in [7, 11) is 1.64. The third-order valence-electron chi connectivity index (χ3n) is 6.94. The standard InChI is InChI=1S/C31H31FN4O3/c1-38-27-11-6-12-28(18-27)39-21-29(22-7-3-2-4-8-22)36-15-13-26(14-16-36)35-31(37)24-19-33-30(34-20-24)23-9-5-10-25(32)17-23/h2-12,17-20,26,29H,13-16,21H2,1H3,(H,35,37). The molecule has 2 heterocycles. The van der Waals surface area contributed by atoms with Gasteiger partial charge >= 0.3 is 0 Å². The van der Waals surface area contributed by atoms with Crippen LogP contribution in [0.15, 0.2) is 91.3 Å². The summed E-state index contributed by atoms with van der Waals surface area (Å²) in [6.07, 6.45) is 4.60. The SMILES string of the molecule is COc1cccc(OCC(c2ccccc2)N2CCC(NC(=O)c3cnc(-c4cccc(F)c4)nc3)CC2)c1. The monoisotopic (exact) mass is 526 g/mol. The third-order valence-corrected chi connectivity index (χ3v) is 6.94. The Balaban J connectivity index is 1.18. The summed E-state index contributed by atoms with van der Waals surface area (Å²) in [5.74, 6) is 1.34. The fraction of sp³-hybridized carbons (Fsp3) is 0.258. The Morgan fingerprint density at radius 2 is 1.69 bits per heavy atom. The molecule has 1 aliphatic heterocycles. The molecule has 0 saturated carbocycles. The van der Waals surface area contributed by atoms with Crippen molar-refractivity contribution >= 4 is 5.91 Å². The van der Waals surface area contributed by atoms with Crippen LogP contribution < -0.4 is 14.8 Å². The number of piperidine rings is 1. The molecule has 1 saturated heterocycles. The van der Waals surface area contributed by atoms with Gasteiger partial charge in [0.15, 0.2) is 5.82 Å². The molecule has 3 aromatic carbocycles. The largest absolute Gasteiger partial charge is 0.497 e. The van der Waals surface area contributed by atoms with Crippen LogP contribution in [0.4, 0.5) is 4.39 Å². The molecule has 1 amide bonds. The zero-order valence-electron chi connectivity index (χ0n) is 21.8. The lowest BCUT2D eigenvalue weighted by molar-refractivity contribution is 0.0837. The van der Waals surface area contributed by atoms with Crippen LogP contribution in [0, 0.1) is 5.82 Å². The minimum absolute atomic E-state index is 0.0485. The number of hydrogen-bond acceptors (Lipinski definition) is 6. The fourth-order valence-corrected chi connectivity index (χ4v) is 4.80. The number of aromatic nitrogens is 2. The molecule has 1 atom stereocenters.